The number of ether oxygens (including phenoxy) is 1. The molecule has 0 bridgehead atoms. The van der Waals surface area contributed by atoms with Crippen molar-refractivity contribution in [1.82, 2.24) is 15.1 Å². The normalized spacial score (nSPS) is 27.8. The van der Waals surface area contributed by atoms with Crippen molar-refractivity contribution in [2.45, 2.75) is 26.9 Å². The minimum absolute atomic E-state index is 0.0872. The van der Waals surface area contributed by atoms with E-state index in [0.717, 1.165) is 45.9 Å². The first-order chi connectivity index (χ1) is 12.1. The average Bonchev–Trinajstić information content (AvgIpc) is 2.98. The zero-order valence-electron chi connectivity index (χ0n) is 15.3. The molecule has 0 spiro atoms. The fourth-order valence-corrected chi connectivity index (χ4v) is 4.46. The van der Waals surface area contributed by atoms with Crippen LogP contribution in [-0.4, -0.2) is 55.2 Å². The Hall–Kier alpha value is -1.59. The van der Waals surface area contributed by atoms with Crippen molar-refractivity contribution < 1.29 is 9.53 Å². The molecule has 1 aliphatic carbocycles. The molecule has 4 rings (SSSR count). The molecule has 1 saturated carbocycles. The Morgan fingerprint density at radius 3 is 2.48 bits per heavy atom. The van der Waals surface area contributed by atoms with Gasteiger partial charge in [-0.3, -0.25) is 4.90 Å². The zero-order valence-corrected chi connectivity index (χ0v) is 15.3. The van der Waals surface area contributed by atoms with Gasteiger partial charge in [0.05, 0.1) is 13.2 Å². The van der Waals surface area contributed by atoms with E-state index in [-0.39, 0.29) is 6.03 Å². The van der Waals surface area contributed by atoms with Crippen molar-refractivity contribution in [3.05, 3.63) is 35.4 Å². The molecule has 1 aromatic rings. The maximum Gasteiger partial charge on any atom is 0.317 e. The molecule has 0 radical (unpaired) electrons. The number of benzene rings is 1. The minimum atomic E-state index is 0.0872. The summed E-state index contributed by atoms with van der Waals surface area (Å²) in [5.74, 6) is 1.40. The summed E-state index contributed by atoms with van der Waals surface area (Å²) in [6.45, 7) is 11.6. The lowest BCUT2D eigenvalue weighted by atomic mass is 10.1. The van der Waals surface area contributed by atoms with Gasteiger partial charge in [0, 0.05) is 39.3 Å². The van der Waals surface area contributed by atoms with E-state index in [9.17, 15) is 4.79 Å². The number of likely N-dealkylation sites (tertiary alicyclic amines) is 1. The lowest BCUT2D eigenvalue weighted by Gasteiger charge is -2.27. The maximum absolute atomic E-state index is 12.5. The van der Waals surface area contributed by atoms with Gasteiger partial charge in [-0.25, -0.2) is 4.79 Å². The number of urea groups is 1. The summed E-state index contributed by atoms with van der Waals surface area (Å²) < 4.78 is 5.43. The van der Waals surface area contributed by atoms with E-state index in [2.05, 4.69) is 48.3 Å². The number of rotatable bonds is 4. The lowest BCUT2D eigenvalue weighted by Crippen LogP contribution is -2.40. The number of nitrogens with zero attached hydrogens (tertiary/aromatic N) is 2. The topological polar surface area (TPSA) is 44.8 Å². The second kappa shape index (κ2) is 6.61. The molecule has 136 valence electrons. The highest BCUT2D eigenvalue weighted by atomic mass is 16.5. The summed E-state index contributed by atoms with van der Waals surface area (Å²) in [5.41, 5.74) is 2.96. The zero-order chi connectivity index (χ0) is 17.4. The van der Waals surface area contributed by atoms with Gasteiger partial charge in [-0.05, 0) is 28.4 Å². The van der Waals surface area contributed by atoms with Gasteiger partial charge in [0.1, 0.15) is 0 Å². The van der Waals surface area contributed by atoms with E-state index < -0.39 is 0 Å². The van der Waals surface area contributed by atoms with Gasteiger partial charge in [0.2, 0.25) is 0 Å². The van der Waals surface area contributed by atoms with Crippen LogP contribution < -0.4 is 5.32 Å². The van der Waals surface area contributed by atoms with Crippen LogP contribution in [0, 0.1) is 17.3 Å². The summed E-state index contributed by atoms with van der Waals surface area (Å²) in [5, 5.41) is 3.13. The van der Waals surface area contributed by atoms with Crippen LogP contribution in [0.15, 0.2) is 24.3 Å². The monoisotopic (exact) mass is 343 g/mol. The maximum atomic E-state index is 12.5. The van der Waals surface area contributed by atoms with E-state index in [1.54, 1.807) is 0 Å². The van der Waals surface area contributed by atoms with E-state index in [1.165, 1.54) is 11.1 Å². The Balaban J connectivity index is 1.31. The molecule has 2 aliphatic heterocycles. The first kappa shape index (κ1) is 16.9. The van der Waals surface area contributed by atoms with Crippen LogP contribution in [0.5, 0.6) is 0 Å². The van der Waals surface area contributed by atoms with Gasteiger partial charge >= 0.3 is 6.03 Å². The molecular weight excluding hydrogens is 314 g/mol. The quantitative estimate of drug-likeness (QED) is 0.912. The SMILES string of the molecule is CC1(C)C2CN(C(=O)NCc3ccccc3CN3CCOCC3)CC21. The third kappa shape index (κ3) is 3.40. The standard InChI is InChI=1S/C20H29N3O2/c1-20(2)17-13-23(14-18(17)20)19(24)21-11-15-5-3-4-6-16(15)12-22-7-9-25-10-8-22/h3-6,17-18H,7-14H2,1-2H3,(H,21,24). The Labute approximate surface area is 150 Å². The molecule has 3 fully saturated rings. The fraction of sp³-hybridized carbons (Fsp3) is 0.650. The molecule has 5 heteroatoms. The number of hydrogen-bond donors (Lipinski definition) is 1. The molecule has 0 aromatic heterocycles. The number of morpholine rings is 1. The minimum Gasteiger partial charge on any atom is -0.379 e. The summed E-state index contributed by atoms with van der Waals surface area (Å²) in [4.78, 5) is 16.9. The van der Waals surface area contributed by atoms with Crippen molar-refractivity contribution >= 4 is 6.03 Å². The van der Waals surface area contributed by atoms with Crippen LogP contribution in [-0.2, 0) is 17.8 Å². The first-order valence-electron chi connectivity index (χ1n) is 9.45. The predicted octanol–water partition coefficient (Wildman–Crippen LogP) is 2.32. The van der Waals surface area contributed by atoms with Crippen LogP contribution in [0.25, 0.3) is 0 Å². The van der Waals surface area contributed by atoms with Crippen molar-refractivity contribution in [3.63, 3.8) is 0 Å². The Bertz CT molecular complexity index is 626. The van der Waals surface area contributed by atoms with Crippen molar-refractivity contribution in [2.24, 2.45) is 17.3 Å². The highest BCUT2D eigenvalue weighted by Crippen LogP contribution is 2.61. The number of carbonyl (C=O) groups is 1. The van der Waals surface area contributed by atoms with Gasteiger partial charge in [-0.1, -0.05) is 38.1 Å². The van der Waals surface area contributed by atoms with Gasteiger partial charge < -0.3 is 15.0 Å². The lowest BCUT2D eigenvalue weighted by molar-refractivity contribution is 0.0341. The number of fused-ring (bicyclic) bond motifs is 1. The first-order valence-corrected chi connectivity index (χ1v) is 9.45. The number of nitrogens with one attached hydrogen (secondary N) is 1. The predicted molar refractivity (Wildman–Crippen MR) is 97.1 cm³/mol. The highest BCUT2D eigenvalue weighted by molar-refractivity contribution is 5.75. The average molecular weight is 343 g/mol. The van der Waals surface area contributed by atoms with Crippen LogP contribution in [0.3, 0.4) is 0 Å². The number of amides is 2. The van der Waals surface area contributed by atoms with Crippen LogP contribution >= 0.6 is 0 Å². The number of carbonyl (C=O) groups excluding carboxylic acids is 1. The van der Waals surface area contributed by atoms with Crippen molar-refractivity contribution in [2.75, 3.05) is 39.4 Å². The van der Waals surface area contributed by atoms with E-state index >= 15 is 0 Å². The summed E-state index contributed by atoms with van der Waals surface area (Å²) in [6.07, 6.45) is 0. The molecule has 25 heavy (non-hydrogen) atoms. The molecule has 2 amide bonds. The second-order valence-electron chi connectivity index (χ2n) is 8.26. The summed E-state index contributed by atoms with van der Waals surface area (Å²) >= 11 is 0. The van der Waals surface area contributed by atoms with Crippen LogP contribution in [0.4, 0.5) is 4.79 Å². The third-order valence-corrected chi connectivity index (χ3v) is 6.46. The van der Waals surface area contributed by atoms with Gasteiger partial charge in [-0.15, -0.1) is 0 Å². The Morgan fingerprint density at radius 2 is 1.80 bits per heavy atom. The second-order valence-corrected chi connectivity index (χ2v) is 8.26. The fourth-order valence-electron chi connectivity index (χ4n) is 4.46. The molecule has 2 unspecified atom stereocenters. The Morgan fingerprint density at radius 1 is 1.16 bits per heavy atom. The van der Waals surface area contributed by atoms with Crippen LogP contribution in [0.2, 0.25) is 0 Å². The Kier molecular flexibility index (Phi) is 4.46. The van der Waals surface area contributed by atoms with E-state index in [0.29, 0.717) is 23.8 Å². The molecule has 3 aliphatic rings. The highest BCUT2D eigenvalue weighted by Gasteiger charge is 2.62. The summed E-state index contributed by atoms with van der Waals surface area (Å²) in [7, 11) is 0. The molecule has 2 heterocycles. The van der Waals surface area contributed by atoms with E-state index in [1.807, 2.05) is 4.90 Å². The van der Waals surface area contributed by atoms with E-state index in [4.69, 9.17) is 4.74 Å². The van der Waals surface area contributed by atoms with Crippen molar-refractivity contribution in [1.29, 1.82) is 0 Å². The smallest absolute Gasteiger partial charge is 0.317 e. The van der Waals surface area contributed by atoms with Crippen LogP contribution in [0.1, 0.15) is 25.0 Å². The number of hydrogen-bond acceptors (Lipinski definition) is 3. The largest absolute Gasteiger partial charge is 0.379 e. The van der Waals surface area contributed by atoms with Gasteiger partial charge in [0.15, 0.2) is 0 Å². The van der Waals surface area contributed by atoms with Gasteiger partial charge in [0.25, 0.3) is 0 Å². The number of piperidine rings is 1. The third-order valence-electron chi connectivity index (χ3n) is 6.46. The molecular formula is C20H29N3O2. The molecule has 2 saturated heterocycles. The molecule has 1 aromatic carbocycles. The molecule has 5 nitrogen and oxygen atoms in total. The summed E-state index contributed by atoms with van der Waals surface area (Å²) in [6, 6.07) is 8.52. The molecule has 2 atom stereocenters. The molecule has 1 N–H and O–H groups in total. The van der Waals surface area contributed by atoms with Crippen molar-refractivity contribution in [3.8, 4) is 0 Å². The van der Waals surface area contributed by atoms with Gasteiger partial charge in [-0.2, -0.15) is 0 Å².